The second-order valence-corrected chi connectivity index (χ2v) is 8.50. The average molecular weight is 434 g/mol. The molecule has 0 radical (unpaired) electrons. The molecular formula is C28H27N5. The summed E-state index contributed by atoms with van der Waals surface area (Å²) < 4.78 is 0. The van der Waals surface area contributed by atoms with Crippen molar-refractivity contribution in [3.8, 4) is 28.6 Å². The zero-order chi connectivity index (χ0) is 22.5. The number of nitriles is 1. The Hall–Kier alpha value is -3.72. The van der Waals surface area contributed by atoms with E-state index in [2.05, 4.69) is 75.5 Å². The maximum absolute atomic E-state index is 9.13. The molecule has 0 unspecified atom stereocenters. The Labute approximate surface area is 194 Å². The summed E-state index contributed by atoms with van der Waals surface area (Å²) in [6, 6.07) is 31.0. The normalized spacial score (nSPS) is 14.8. The third-order valence-electron chi connectivity index (χ3n) is 6.16. The van der Waals surface area contributed by atoms with Crippen molar-refractivity contribution < 1.29 is 0 Å². The van der Waals surface area contributed by atoms with Gasteiger partial charge in [-0.1, -0.05) is 72.8 Å². The highest BCUT2D eigenvalue weighted by atomic mass is 15.3. The molecule has 1 fully saturated rings. The number of benzene rings is 3. The summed E-state index contributed by atoms with van der Waals surface area (Å²) in [5, 5.41) is 9.13. The SMILES string of the molecule is N#Cc1cccc(CN2CCN(Cc3nc(-c4ccccc4)c(-c4ccccc4)[nH]3)CC2)c1. The first-order chi connectivity index (χ1) is 16.3. The molecule has 164 valence electrons. The average Bonchev–Trinajstić information content (AvgIpc) is 3.30. The molecule has 0 bridgehead atoms. The molecular weight excluding hydrogens is 406 g/mol. The Balaban J connectivity index is 1.27. The molecule has 1 aromatic heterocycles. The van der Waals surface area contributed by atoms with Crippen molar-refractivity contribution >= 4 is 0 Å². The molecule has 5 nitrogen and oxygen atoms in total. The van der Waals surface area contributed by atoms with Crippen LogP contribution in [0.3, 0.4) is 0 Å². The van der Waals surface area contributed by atoms with Crippen LogP contribution in [0.5, 0.6) is 0 Å². The molecule has 3 aromatic carbocycles. The molecule has 1 aliphatic rings. The van der Waals surface area contributed by atoms with Gasteiger partial charge in [0.05, 0.1) is 29.6 Å². The minimum atomic E-state index is 0.729. The second kappa shape index (κ2) is 9.83. The number of piperazine rings is 1. The number of nitrogens with one attached hydrogen (secondary N) is 1. The van der Waals surface area contributed by atoms with E-state index in [0.717, 1.165) is 73.2 Å². The molecule has 2 heterocycles. The number of imidazole rings is 1. The first kappa shape index (κ1) is 21.1. The van der Waals surface area contributed by atoms with Gasteiger partial charge in [-0.25, -0.2) is 4.98 Å². The summed E-state index contributed by atoms with van der Waals surface area (Å²) >= 11 is 0. The fourth-order valence-corrected chi connectivity index (χ4v) is 4.43. The largest absolute Gasteiger partial charge is 0.340 e. The minimum absolute atomic E-state index is 0.729. The summed E-state index contributed by atoms with van der Waals surface area (Å²) in [7, 11) is 0. The van der Waals surface area contributed by atoms with Crippen molar-refractivity contribution in [3.63, 3.8) is 0 Å². The number of H-pyrrole nitrogens is 1. The second-order valence-electron chi connectivity index (χ2n) is 8.50. The van der Waals surface area contributed by atoms with E-state index < -0.39 is 0 Å². The molecule has 1 aliphatic heterocycles. The number of hydrogen-bond donors (Lipinski definition) is 1. The molecule has 4 aromatic rings. The summed E-state index contributed by atoms with van der Waals surface area (Å²) in [5.41, 5.74) is 6.30. The fourth-order valence-electron chi connectivity index (χ4n) is 4.43. The summed E-state index contributed by atoms with van der Waals surface area (Å²) in [4.78, 5) is 13.5. The van der Waals surface area contributed by atoms with Gasteiger partial charge < -0.3 is 4.98 Å². The van der Waals surface area contributed by atoms with E-state index in [1.165, 1.54) is 5.56 Å². The third-order valence-corrected chi connectivity index (χ3v) is 6.16. The van der Waals surface area contributed by atoms with Crippen LogP contribution in [0.2, 0.25) is 0 Å². The lowest BCUT2D eigenvalue weighted by Crippen LogP contribution is -2.45. The van der Waals surface area contributed by atoms with Gasteiger partial charge in [0.25, 0.3) is 0 Å². The van der Waals surface area contributed by atoms with Gasteiger partial charge in [0.1, 0.15) is 5.82 Å². The number of aromatic nitrogens is 2. The van der Waals surface area contributed by atoms with Crippen molar-refractivity contribution in [3.05, 3.63) is 102 Å². The van der Waals surface area contributed by atoms with E-state index in [1.807, 2.05) is 30.3 Å². The monoisotopic (exact) mass is 433 g/mol. The van der Waals surface area contributed by atoms with Crippen LogP contribution in [-0.4, -0.2) is 45.9 Å². The van der Waals surface area contributed by atoms with Crippen LogP contribution in [0.25, 0.3) is 22.5 Å². The van der Waals surface area contributed by atoms with E-state index in [1.54, 1.807) is 0 Å². The lowest BCUT2D eigenvalue weighted by Gasteiger charge is -2.34. The van der Waals surface area contributed by atoms with Gasteiger partial charge in [-0.15, -0.1) is 0 Å². The summed E-state index contributed by atoms with van der Waals surface area (Å²) in [6.45, 7) is 5.72. The quantitative estimate of drug-likeness (QED) is 0.468. The highest BCUT2D eigenvalue weighted by Gasteiger charge is 2.20. The van der Waals surface area contributed by atoms with Crippen LogP contribution in [-0.2, 0) is 13.1 Å². The molecule has 0 atom stereocenters. The van der Waals surface area contributed by atoms with Crippen LogP contribution in [0.15, 0.2) is 84.9 Å². The van der Waals surface area contributed by atoms with Gasteiger partial charge in [0, 0.05) is 43.9 Å². The Bertz CT molecular complexity index is 1180. The van der Waals surface area contributed by atoms with Gasteiger partial charge >= 0.3 is 0 Å². The van der Waals surface area contributed by atoms with Crippen molar-refractivity contribution in [2.75, 3.05) is 26.2 Å². The van der Waals surface area contributed by atoms with Crippen LogP contribution in [0.4, 0.5) is 0 Å². The maximum Gasteiger partial charge on any atom is 0.121 e. The first-order valence-corrected chi connectivity index (χ1v) is 11.4. The fraction of sp³-hybridized carbons (Fsp3) is 0.214. The smallest absolute Gasteiger partial charge is 0.121 e. The standard InChI is InChI=1S/C28H27N5/c29-19-22-8-7-9-23(18-22)20-32-14-16-33(17-15-32)21-26-30-27(24-10-3-1-4-11-24)28(31-26)25-12-5-2-6-13-25/h1-13,18H,14-17,20-21H2,(H,30,31). The maximum atomic E-state index is 9.13. The highest BCUT2D eigenvalue weighted by Crippen LogP contribution is 2.30. The predicted molar refractivity (Wildman–Crippen MR) is 131 cm³/mol. The van der Waals surface area contributed by atoms with Gasteiger partial charge in [-0.05, 0) is 17.7 Å². The van der Waals surface area contributed by atoms with Crippen molar-refractivity contribution in [1.29, 1.82) is 5.26 Å². The number of hydrogen-bond acceptors (Lipinski definition) is 4. The number of nitrogens with zero attached hydrogens (tertiary/aromatic N) is 4. The molecule has 5 rings (SSSR count). The topological polar surface area (TPSA) is 59.0 Å². The zero-order valence-corrected chi connectivity index (χ0v) is 18.6. The van der Waals surface area contributed by atoms with Gasteiger partial charge in [-0.2, -0.15) is 5.26 Å². The van der Waals surface area contributed by atoms with E-state index in [-0.39, 0.29) is 0 Å². The van der Waals surface area contributed by atoms with Crippen LogP contribution in [0, 0.1) is 11.3 Å². The van der Waals surface area contributed by atoms with Gasteiger partial charge in [-0.3, -0.25) is 9.80 Å². The van der Waals surface area contributed by atoms with Gasteiger partial charge in [0.2, 0.25) is 0 Å². The van der Waals surface area contributed by atoms with E-state index in [4.69, 9.17) is 10.2 Å². The van der Waals surface area contributed by atoms with Crippen LogP contribution >= 0.6 is 0 Å². The summed E-state index contributed by atoms with van der Waals surface area (Å²) in [6.07, 6.45) is 0. The lowest BCUT2D eigenvalue weighted by molar-refractivity contribution is 0.120. The van der Waals surface area contributed by atoms with Crippen molar-refractivity contribution in [2.45, 2.75) is 13.1 Å². The molecule has 0 saturated carbocycles. The van der Waals surface area contributed by atoms with Crippen LogP contribution in [0.1, 0.15) is 17.0 Å². The highest BCUT2D eigenvalue weighted by molar-refractivity contribution is 5.78. The zero-order valence-electron chi connectivity index (χ0n) is 18.6. The molecule has 33 heavy (non-hydrogen) atoms. The van der Waals surface area contributed by atoms with E-state index >= 15 is 0 Å². The molecule has 1 N–H and O–H groups in total. The molecule has 5 heteroatoms. The van der Waals surface area contributed by atoms with Gasteiger partial charge in [0.15, 0.2) is 0 Å². The van der Waals surface area contributed by atoms with Crippen molar-refractivity contribution in [1.82, 2.24) is 19.8 Å². The van der Waals surface area contributed by atoms with E-state index in [0.29, 0.717) is 0 Å². The molecule has 0 amide bonds. The van der Waals surface area contributed by atoms with Crippen molar-refractivity contribution in [2.24, 2.45) is 0 Å². The Kier molecular flexibility index (Phi) is 6.30. The lowest BCUT2D eigenvalue weighted by atomic mass is 10.1. The Morgan fingerprint density at radius 1 is 0.758 bits per heavy atom. The van der Waals surface area contributed by atoms with E-state index in [9.17, 15) is 0 Å². The molecule has 0 aliphatic carbocycles. The minimum Gasteiger partial charge on any atom is -0.340 e. The Morgan fingerprint density at radius 2 is 1.39 bits per heavy atom. The first-order valence-electron chi connectivity index (χ1n) is 11.4. The third kappa shape index (κ3) is 5.04. The Morgan fingerprint density at radius 3 is 2.06 bits per heavy atom. The molecule has 1 saturated heterocycles. The number of rotatable bonds is 6. The number of aromatic amines is 1. The predicted octanol–water partition coefficient (Wildman–Crippen LogP) is 4.93. The van der Waals surface area contributed by atoms with Crippen LogP contribution < -0.4 is 0 Å². The summed E-state index contributed by atoms with van der Waals surface area (Å²) in [5.74, 6) is 1.00. The molecule has 0 spiro atoms.